The van der Waals surface area contributed by atoms with Gasteiger partial charge in [-0.25, -0.2) is 4.39 Å². The van der Waals surface area contributed by atoms with Crippen molar-refractivity contribution < 1.29 is 13.9 Å². The first-order chi connectivity index (χ1) is 13.1. The molecule has 3 aromatic carbocycles. The molecule has 0 saturated heterocycles. The predicted molar refractivity (Wildman–Crippen MR) is 106 cm³/mol. The van der Waals surface area contributed by atoms with Crippen molar-refractivity contribution >= 4 is 11.6 Å². The largest absolute Gasteiger partial charge is 0.497 e. The van der Waals surface area contributed by atoms with Gasteiger partial charge < -0.3 is 14.8 Å². The van der Waals surface area contributed by atoms with Crippen molar-refractivity contribution in [2.24, 2.45) is 0 Å². The smallest absolute Gasteiger partial charge is 0.124 e. The Bertz CT molecular complexity index is 866. The molecule has 0 spiro atoms. The van der Waals surface area contributed by atoms with Crippen molar-refractivity contribution in [3.05, 3.63) is 94.3 Å². The van der Waals surface area contributed by atoms with Gasteiger partial charge in [-0.15, -0.1) is 0 Å². The second-order valence-electron chi connectivity index (χ2n) is 6.12. The molecule has 0 bridgehead atoms. The van der Waals surface area contributed by atoms with Gasteiger partial charge in [0.05, 0.1) is 12.1 Å². The number of rotatable bonds is 8. The summed E-state index contributed by atoms with van der Waals surface area (Å²) in [5.41, 5.74) is 3.12. The molecule has 5 heteroatoms. The van der Waals surface area contributed by atoms with Gasteiger partial charge in [-0.1, -0.05) is 41.9 Å². The van der Waals surface area contributed by atoms with Gasteiger partial charge in [0.2, 0.25) is 0 Å². The summed E-state index contributed by atoms with van der Waals surface area (Å²) in [5.74, 6) is 1.25. The lowest BCUT2D eigenvalue weighted by atomic mass is 10.2. The van der Waals surface area contributed by atoms with Gasteiger partial charge >= 0.3 is 0 Å². The molecule has 0 saturated carbocycles. The molecule has 0 fully saturated rings. The van der Waals surface area contributed by atoms with Crippen molar-refractivity contribution in [1.82, 2.24) is 5.32 Å². The molecule has 0 heterocycles. The summed E-state index contributed by atoms with van der Waals surface area (Å²) < 4.78 is 23.9. The van der Waals surface area contributed by atoms with Gasteiger partial charge in [0.15, 0.2) is 0 Å². The van der Waals surface area contributed by atoms with Crippen LogP contribution in [0.3, 0.4) is 0 Å². The first kappa shape index (κ1) is 19.2. The number of hydrogen-bond donors (Lipinski definition) is 1. The highest BCUT2D eigenvalue weighted by molar-refractivity contribution is 6.31. The van der Waals surface area contributed by atoms with Crippen LogP contribution >= 0.6 is 11.6 Å². The van der Waals surface area contributed by atoms with Crippen LogP contribution in [0.25, 0.3) is 0 Å². The highest BCUT2D eigenvalue weighted by Gasteiger charge is 2.03. The Morgan fingerprint density at radius 2 is 1.44 bits per heavy atom. The molecule has 0 radical (unpaired) electrons. The van der Waals surface area contributed by atoms with Gasteiger partial charge in [0.25, 0.3) is 0 Å². The van der Waals surface area contributed by atoms with Crippen LogP contribution in [0.1, 0.15) is 16.7 Å². The van der Waals surface area contributed by atoms with E-state index in [1.807, 2.05) is 48.5 Å². The molecule has 3 rings (SSSR count). The molecular formula is C22H21ClFNO2. The molecule has 0 aliphatic heterocycles. The molecule has 27 heavy (non-hydrogen) atoms. The predicted octanol–water partition coefficient (Wildman–Crippen LogP) is 5.36. The number of nitrogens with one attached hydrogen (secondary N) is 1. The van der Waals surface area contributed by atoms with Crippen molar-refractivity contribution in [2.45, 2.75) is 19.7 Å². The van der Waals surface area contributed by atoms with Crippen LogP contribution in [0.15, 0.2) is 66.7 Å². The van der Waals surface area contributed by atoms with Crippen LogP contribution in [0.4, 0.5) is 4.39 Å². The van der Waals surface area contributed by atoms with Gasteiger partial charge in [-0.05, 0) is 47.5 Å². The van der Waals surface area contributed by atoms with Crippen LogP contribution in [-0.4, -0.2) is 7.11 Å². The zero-order chi connectivity index (χ0) is 19.1. The highest BCUT2D eigenvalue weighted by atomic mass is 35.5. The van der Waals surface area contributed by atoms with E-state index in [-0.39, 0.29) is 5.82 Å². The number of halogens is 2. The zero-order valence-electron chi connectivity index (χ0n) is 15.0. The van der Waals surface area contributed by atoms with E-state index in [1.54, 1.807) is 13.2 Å². The van der Waals surface area contributed by atoms with E-state index in [0.717, 1.165) is 35.7 Å². The average Bonchev–Trinajstić information content (AvgIpc) is 2.69. The molecule has 0 aromatic heterocycles. The minimum Gasteiger partial charge on any atom is -0.497 e. The fourth-order valence-corrected chi connectivity index (χ4v) is 2.82. The van der Waals surface area contributed by atoms with E-state index < -0.39 is 0 Å². The zero-order valence-corrected chi connectivity index (χ0v) is 15.8. The summed E-state index contributed by atoms with van der Waals surface area (Å²) in [7, 11) is 1.66. The van der Waals surface area contributed by atoms with Gasteiger partial charge in [0.1, 0.15) is 23.9 Å². The summed E-state index contributed by atoms with van der Waals surface area (Å²) in [4.78, 5) is 0. The lowest BCUT2D eigenvalue weighted by molar-refractivity contribution is 0.306. The maximum atomic E-state index is 13.1. The number of hydrogen-bond acceptors (Lipinski definition) is 3. The first-order valence-corrected chi connectivity index (χ1v) is 9.01. The normalized spacial score (nSPS) is 10.6. The van der Waals surface area contributed by atoms with E-state index in [2.05, 4.69) is 5.32 Å². The van der Waals surface area contributed by atoms with Crippen molar-refractivity contribution in [1.29, 1.82) is 0 Å². The molecule has 0 amide bonds. The molecule has 0 atom stereocenters. The lowest BCUT2D eigenvalue weighted by Gasteiger charge is -2.10. The van der Waals surface area contributed by atoms with Crippen LogP contribution in [-0.2, 0) is 19.7 Å². The third-order valence-electron chi connectivity index (χ3n) is 4.15. The number of ether oxygens (including phenoxy) is 2. The topological polar surface area (TPSA) is 30.5 Å². The Labute approximate surface area is 163 Å². The Hall–Kier alpha value is -2.56. The quantitative estimate of drug-likeness (QED) is 0.566. The third kappa shape index (κ3) is 5.71. The van der Waals surface area contributed by atoms with Crippen LogP contribution in [0, 0.1) is 5.82 Å². The van der Waals surface area contributed by atoms with E-state index >= 15 is 0 Å². The molecule has 140 valence electrons. The summed E-state index contributed by atoms with van der Waals surface area (Å²) in [6.45, 7) is 1.84. The first-order valence-electron chi connectivity index (χ1n) is 8.63. The Morgan fingerprint density at radius 3 is 2.00 bits per heavy atom. The van der Waals surface area contributed by atoms with Crippen molar-refractivity contribution in [3.63, 3.8) is 0 Å². The van der Waals surface area contributed by atoms with Crippen molar-refractivity contribution in [2.75, 3.05) is 7.11 Å². The Morgan fingerprint density at radius 1 is 0.852 bits per heavy atom. The number of benzene rings is 3. The van der Waals surface area contributed by atoms with Gasteiger partial charge in [-0.2, -0.15) is 0 Å². The maximum Gasteiger partial charge on any atom is 0.124 e. The summed E-state index contributed by atoms with van der Waals surface area (Å²) in [5, 5.41) is 3.78. The summed E-state index contributed by atoms with van der Waals surface area (Å²) in [6, 6.07) is 20.2. The molecular weight excluding hydrogens is 365 g/mol. The van der Waals surface area contributed by atoms with E-state index in [4.69, 9.17) is 21.1 Å². The van der Waals surface area contributed by atoms with Gasteiger partial charge in [-0.3, -0.25) is 0 Å². The number of methoxy groups -OCH3 is 1. The fraction of sp³-hybridized carbons (Fsp3) is 0.182. The van der Waals surface area contributed by atoms with E-state index in [1.165, 1.54) is 17.7 Å². The molecule has 0 aliphatic rings. The molecule has 0 aliphatic carbocycles. The van der Waals surface area contributed by atoms with Crippen LogP contribution < -0.4 is 14.8 Å². The Kier molecular flexibility index (Phi) is 6.69. The third-order valence-corrected chi connectivity index (χ3v) is 4.50. The van der Waals surface area contributed by atoms with Gasteiger partial charge in [0, 0.05) is 18.7 Å². The monoisotopic (exact) mass is 385 g/mol. The van der Waals surface area contributed by atoms with Crippen LogP contribution in [0.5, 0.6) is 11.5 Å². The highest BCUT2D eigenvalue weighted by Crippen LogP contribution is 2.20. The SMILES string of the molecule is COc1ccc(CNCc2ccc(OCc3ccc(F)cc3Cl)cc2)cc1. The summed E-state index contributed by atoms with van der Waals surface area (Å²) >= 11 is 6.01. The van der Waals surface area contributed by atoms with E-state index in [0.29, 0.717) is 11.6 Å². The molecule has 1 N–H and O–H groups in total. The maximum absolute atomic E-state index is 13.1. The minimum absolute atomic E-state index is 0.300. The molecule has 3 aromatic rings. The lowest BCUT2D eigenvalue weighted by Crippen LogP contribution is -2.12. The molecule has 0 unspecified atom stereocenters. The second-order valence-corrected chi connectivity index (χ2v) is 6.53. The standard InChI is InChI=1S/C22H21ClFNO2/c1-26-20-8-2-16(3-9-20)13-25-14-17-4-10-21(11-5-17)27-15-18-6-7-19(24)12-22(18)23/h2-12,25H,13-15H2,1H3. The molecule has 3 nitrogen and oxygen atoms in total. The fourth-order valence-electron chi connectivity index (χ4n) is 2.60. The summed E-state index contributed by atoms with van der Waals surface area (Å²) in [6.07, 6.45) is 0. The van der Waals surface area contributed by atoms with Crippen molar-refractivity contribution in [3.8, 4) is 11.5 Å². The average molecular weight is 386 g/mol. The van der Waals surface area contributed by atoms with E-state index in [9.17, 15) is 4.39 Å². The minimum atomic E-state index is -0.352. The Balaban J connectivity index is 1.46. The second kappa shape index (κ2) is 9.40. The van der Waals surface area contributed by atoms with Crippen LogP contribution in [0.2, 0.25) is 5.02 Å².